The van der Waals surface area contributed by atoms with Gasteiger partial charge in [-0.05, 0) is 12.1 Å². The summed E-state index contributed by atoms with van der Waals surface area (Å²) in [6.07, 6.45) is 0. The number of aromatic hydroxyl groups is 1. The summed E-state index contributed by atoms with van der Waals surface area (Å²) in [6, 6.07) is 2.82. The Hall–Kier alpha value is -1.91. The van der Waals surface area contributed by atoms with Crippen molar-refractivity contribution in [3.05, 3.63) is 17.7 Å². The van der Waals surface area contributed by atoms with Crippen LogP contribution in [0.3, 0.4) is 0 Å². The minimum atomic E-state index is -0.730. The number of methoxy groups -OCH3 is 1. The number of carbonyl (C=O) groups is 1. The van der Waals surface area contributed by atoms with E-state index in [2.05, 4.69) is 0 Å². The predicted molar refractivity (Wildman–Crippen MR) is 47.6 cm³/mol. The molecule has 0 aliphatic heterocycles. The normalized spacial score (nSPS) is 9.62. The van der Waals surface area contributed by atoms with Crippen LogP contribution in [0.2, 0.25) is 0 Å². The van der Waals surface area contributed by atoms with Gasteiger partial charge in [0.1, 0.15) is 11.4 Å². The summed E-state index contributed by atoms with van der Waals surface area (Å²) in [5.74, 6) is -0.763. The number of anilines is 1. The SMILES string of the molecule is COc1ccc(C(N)=O)c(O)c1N. The van der Waals surface area contributed by atoms with E-state index in [1.807, 2.05) is 0 Å². The molecule has 0 radical (unpaired) electrons. The van der Waals surface area contributed by atoms with Gasteiger partial charge in [0, 0.05) is 0 Å². The summed E-state index contributed by atoms with van der Waals surface area (Å²) < 4.78 is 4.82. The van der Waals surface area contributed by atoms with Crippen LogP contribution < -0.4 is 16.2 Å². The van der Waals surface area contributed by atoms with Crippen LogP contribution in [0.25, 0.3) is 0 Å². The van der Waals surface area contributed by atoms with Gasteiger partial charge >= 0.3 is 0 Å². The van der Waals surface area contributed by atoms with Crippen molar-refractivity contribution in [2.24, 2.45) is 5.73 Å². The summed E-state index contributed by atoms with van der Waals surface area (Å²) in [5.41, 5.74) is 10.4. The van der Waals surface area contributed by atoms with Crippen LogP contribution >= 0.6 is 0 Å². The average molecular weight is 182 g/mol. The third-order valence-corrected chi connectivity index (χ3v) is 1.66. The maximum Gasteiger partial charge on any atom is 0.252 e. The summed E-state index contributed by atoms with van der Waals surface area (Å²) in [6.45, 7) is 0. The molecular weight excluding hydrogens is 172 g/mol. The maximum atomic E-state index is 10.7. The zero-order valence-electron chi connectivity index (χ0n) is 7.07. The first kappa shape index (κ1) is 9.18. The van der Waals surface area contributed by atoms with Crippen molar-refractivity contribution in [2.75, 3.05) is 12.8 Å². The first-order valence-electron chi connectivity index (χ1n) is 3.53. The van der Waals surface area contributed by atoms with Gasteiger partial charge in [0.25, 0.3) is 5.91 Å². The Bertz CT molecular complexity index is 349. The summed E-state index contributed by atoms with van der Waals surface area (Å²) in [5, 5.41) is 9.37. The van der Waals surface area contributed by atoms with Crippen LogP contribution in [-0.2, 0) is 0 Å². The summed E-state index contributed by atoms with van der Waals surface area (Å²) in [4.78, 5) is 10.7. The highest BCUT2D eigenvalue weighted by Crippen LogP contribution is 2.33. The molecular formula is C8H10N2O3. The molecule has 5 N–H and O–H groups in total. The van der Waals surface area contributed by atoms with E-state index >= 15 is 0 Å². The van der Waals surface area contributed by atoms with E-state index in [4.69, 9.17) is 16.2 Å². The Labute approximate surface area is 74.9 Å². The summed E-state index contributed by atoms with van der Waals surface area (Å²) in [7, 11) is 1.41. The van der Waals surface area contributed by atoms with Crippen molar-refractivity contribution in [2.45, 2.75) is 0 Å². The number of amides is 1. The lowest BCUT2D eigenvalue weighted by atomic mass is 10.1. The zero-order chi connectivity index (χ0) is 10.0. The molecule has 0 atom stereocenters. The molecule has 0 saturated carbocycles. The molecule has 0 aromatic heterocycles. The molecule has 5 nitrogen and oxygen atoms in total. The van der Waals surface area contributed by atoms with Crippen LogP contribution in [0.1, 0.15) is 10.4 Å². The smallest absolute Gasteiger partial charge is 0.252 e. The van der Waals surface area contributed by atoms with E-state index in [9.17, 15) is 9.90 Å². The van der Waals surface area contributed by atoms with Crippen LogP contribution in [0, 0.1) is 0 Å². The van der Waals surface area contributed by atoms with Gasteiger partial charge in [-0.25, -0.2) is 0 Å². The Morgan fingerprint density at radius 3 is 2.62 bits per heavy atom. The number of hydrogen-bond acceptors (Lipinski definition) is 4. The minimum Gasteiger partial charge on any atom is -0.505 e. The van der Waals surface area contributed by atoms with Gasteiger partial charge in [0.15, 0.2) is 5.75 Å². The van der Waals surface area contributed by atoms with Crippen LogP contribution in [0.15, 0.2) is 12.1 Å². The fourth-order valence-electron chi connectivity index (χ4n) is 0.966. The molecule has 0 unspecified atom stereocenters. The highest BCUT2D eigenvalue weighted by molar-refractivity contribution is 5.98. The first-order valence-corrected chi connectivity index (χ1v) is 3.53. The number of nitrogens with two attached hydrogens (primary N) is 2. The van der Waals surface area contributed by atoms with Gasteiger partial charge in [-0.15, -0.1) is 0 Å². The van der Waals surface area contributed by atoms with Gasteiger partial charge in [-0.2, -0.15) is 0 Å². The van der Waals surface area contributed by atoms with Crippen molar-refractivity contribution >= 4 is 11.6 Å². The van der Waals surface area contributed by atoms with E-state index in [0.29, 0.717) is 5.75 Å². The number of hydrogen-bond donors (Lipinski definition) is 3. The molecule has 1 aromatic rings. The number of rotatable bonds is 2. The lowest BCUT2D eigenvalue weighted by Gasteiger charge is -2.07. The second-order valence-corrected chi connectivity index (χ2v) is 2.44. The maximum absolute atomic E-state index is 10.7. The quantitative estimate of drug-likeness (QED) is 0.445. The second-order valence-electron chi connectivity index (χ2n) is 2.44. The largest absolute Gasteiger partial charge is 0.505 e. The molecule has 0 saturated heterocycles. The van der Waals surface area contributed by atoms with Crippen molar-refractivity contribution in [3.63, 3.8) is 0 Å². The number of primary amides is 1. The third-order valence-electron chi connectivity index (χ3n) is 1.66. The second kappa shape index (κ2) is 3.22. The number of carbonyl (C=O) groups excluding carboxylic acids is 1. The molecule has 0 fully saturated rings. The zero-order valence-corrected chi connectivity index (χ0v) is 7.07. The molecule has 13 heavy (non-hydrogen) atoms. The Kier molecular flexibility index (Phi) is 2.27. The lowest BCUT2D eigenvalue weighted by molar-refractivity contribution is 0.0998. The third kappa shape index (κ3) is 1.48. The van der Waals surface area contributed by atoms with Crippen molar-refractivity contribution in [3.8, 4) is 11.5 Å². The van der Waals surface area contributed by atoms with Gasteiger partial charge in [0.05, 0.1) is 12.7 Å². The van der Waals surface area contributed by atoms with E-state index in [0.717, 1.165) is 0 Å². The molecule has 0 spiro atoms. The van der Waals surface area contributed by atoms with Crippen molar-refractivity contribution < 1.29 is 14.6 Å². The molecule has 5 heteroatoms. The van der Waals surface area contributed by atoms with Crippen LogP contribution in [0.5, 0.6) is 11.5 Å². The number of nitrogen functional groups attached to an aromatic ring is 1. The lowest BCUT2D eigenvalue weighted by Crippen LogP contribution is -2.11. The monoisotopic (exact) mass is 182 g/mol. The van der Waals surface area contributed by atoms with Gasteiger partial charge in [0.2, 0.25) is 0 Å². The fourth-order valence-corrected chi connectivity index (χ4v) is 0.966. The minimum absolute atomic E-state index is 0.0128. The van der Waals surface area contributed by atoms with E-state index in [-0.39, 0.29) is 17.0 Å². The topological polar surface area (TPSA) is 98.6 Å². The standard InChI is InChI=1S/C8H10N2O3/c1-13-5-3-2-4(8(10)12)7(11)6(5)9/h2-3,11H,9H2,1H3,(H2,10,12). The number of ether oxygens (including phenoxy) is 1. The Balaban J connectivity index is 3.31. The highest BCUT2D eigenvalue weighted by atomic mass is 16.5. The Morgan fingerprint density at radius 1 is 1.54 bits per heavy atom. The van der Waals surface area contributed by atoms with Crippen molar-refractivity contribution in [1.29, 1.82) is 0 Å². The van der Waals surface area contributed by atoms with Gasteiger partial charge in [-0.3, -0.25) is 4.79 Å². The average Bonchev–Trinajstić information content (AvgIpc) is 2.09. The molecule has 1 aromatic carbocycles. The van der Waals surface area contributed by atoms with E-state index < -0.39 is 5.91 Å². The van der Waals surface area contributed by atoms with Gasteiger partial charge < -0.3 is 21.3 Å². The van der Waals surface area contributed by atoms with Crippen molar-refractivity contribution in [1.82, 2.24) is 0 Å². The molecule has 0 aliphatic carbocycles. The van der Waals surface area contributed by atoms with Crippen LogP contribution in [0.4, 0.5) is 5.69 Å². The van der Waals surface area contributed by atoms with E-state index in [1.54, 1.807) is 0 Å². The number of benzene rings is 1. The summed E-state index contributed by atoms with van der Waals surface area (Å²) >= 11 is 0. The molecule has 0 heterocycles. The predicted octanol–water partition coefficient (Wildman–Crippen LogP) is 0.0819. The fraction of sp³-hybridized carbons (Fsp3) is 0.125. The van der Waals surface area contributed by atoms with Gasteiger partial charge in [-0.1, -0.05) is 0 Å². The molecule has 1 amide bonds. The molecule has 70 valence electrons. The number of phenols is 1. The molecule has 1 rings (SSSR count). The molecule has 0 bridgehead atoms. The van der Waals surface area contributed by atoms with E-state index in [1.165, 1.54) is 19.2 Å². The Morgan fingerprint density at radius 2 is 2.15 bits per heavy atom. The molecule has 0 aliphatic rings. The van der Waals surface area contributed by atoms with Crippen LogP contribution in [-0.4, -0.2) is 18.1 Å². The first-order chi connectivity index (χ1) is 6.07. The highest BCUT2D eigenvalue weighted by Gasteiger charge is 2.13.